The molecule has 0 aliphatic carbocycles. The average molecular weight is 220 g/mol. The van der Waals surface area contributed by atoms with Crippen molar-refractivity contribution in [3.63, 3.8) is 0 Å². The van der Waals surface area contributed by atoms with Crippen molar-refractivity contribution in [2.75, 3.05) is 20.2 Å². The molecule has 1 aromatic carbocycles. The molecule has 0 saturated heterocycles. The molecular formula is C12H16N2O2. The van der Waals surface area contributed by atoms with E-state index in [4.69, 9.17) is 14.9 Å². The molecule has 0 fully saturated rings. The average Bonchev–Trinajstić information content (AvgIpc) is 2.71. The number of fused-ring (bicyclic) bond motifs is 1. The van der Waals surface area contributed by atoms with Gasteiger partial charge in [-0.1, -0.05) is 12.1 Å². The molecule has 4 heteroatoms. The number of methoxy groups -OCH3 is 1. The van der Waals surface area contributed by atoms with E-state index in [-0.39, 0.29) is 0 Å². The summed E-state index contributed by atoms with van der Waals surface area (Å²) in [6.45, 7) is 2.10. The predicted molar refractivity (Wildman–Crippen MR) is 63.5 cm³/mol. The third kappa shape index (κ3) is 2.18. The summed E-state index contributed by atoms with van der Waals surface area (Å²) in [7, 11) is 1.64. The third-order valence-electron chi connectivity index (χ3n) is 2.40. The second-order valence-corrected chi connectivity index (χ2v) is 3.56. The van der Waals surface area contributed by atoms with Gasteiger partial charge in [0.25, 0.3) is 0 Å². The highest BCUT2D eigenvalue weighted by Crippen LogP contribution is 2.28. The third-order valence-corrected chi connectivity index (χ3v) is 2.40. The number of benzene rings is 1. The number of ether oxygens (including phenoxy) is 1. The molecule has 0 atom stereocenters. The van der Waals surface area contributed by atoms with Crippen molar-refractivity contribution in [2.24, 2.45) is 5.73 Å². The van der Waals surface area contributed by atoms with Crippen LogP contribution in [0.2, 0.25) is 0 Å². The lowest BCUT2D eigenvalue weighted by Crippen LogP contribution is -2.21. The minimum absolute atomic E-state index is 0.629. The summed E-state index contributed by atoms with van der Waals surface area (Å²) >= 11 is 0. The monoisotopic (exact) mass is 220 g/mol. The number of rotatable bonds is 5. The second kappa shape index (κ2) is 5.01. The van der Waals surface area contributed by atoms with Crippen molar-refractivity contribution in [1.82, 2.24) is 5.32 Å². The molecule has 0 saturated carbocycles. The van der Waals surface area contributed by atoms with Crippen LogP contribution in [0.1, 0.15) is 5.76 Å². The Morgan fingerprint density at radius 1 is 1.44 bits per heavy atom. The summed E-state index contributed by atoms with van der Waals surface area (Å²) < 4.78 is 10.9. The Labute approximate surface area is 94.4 Å². The van der Waals surface area contributed by atoms with Gasteiger partial charge in [0, 0.05) is 18.5 Å². The quantitative estimate of drug-likeness (QED) is 0.749. The Morgan fingerprint density at radius 2 is 2.31 bits per heavy atom. The molecule has 0 unspecified atom stereocenters. The zero-order valence-electron chi connectivity index (χ0n) is 9.32. The van der Waals surface area contributed by atoms with Crippen molar-refractivity contribution >= 4 is 11.0 Å². The molecule has 2 aromatic rings. The first-order valence-corrected chi connectivity index (χ1v) is 5.31. The maximum absolute atomic E-state index is 5.71. The van der Waals surface area contributed by atoms with E-state index in [9.17, 15) is 0 Å². The van der Waals surface area contributed by atoms with Gasteiger partial charge in [0.05, 0.1) is 13.7 Å². The van der Waals surface area contributed by atoms with Crippen LogP contribution in [0.3, 0.4) is 0 Å². The first kappa shape index (κ1) is 11.0. The lowest BCUT2D eigenvalue weighted by atomic mass is 10.2. The maximum Gasteiger partial charge on any atom is 0.176 e. The van der Waals surface area contributed by atoms with E-state index in [0.29, 0.717) is 13.1 Å². The van der Waals surface area contributed by atoms with E-state index < -0.39 is 0 Å². The van der Waals surface area contributed by atoms with Gasteiger partial charge in [-0.25, -0.2) is 0 Å². The summed E-state index contributed by atoms with van der Waals surface area (Å²) in [6.07, 6.45) is 0. The number of para-hydroxylation sites is 1. The number of hydrogen-bond acceptors (Lipinski definition) is 4. The predicted octanol–water partition coefficient (Wildman–Crippen LogP) is 1.49. The summed E-state index contributed by atoms with van der Waals surface area (Å²) in [6, 6.07) is 7.87. The Hall–Kier alpha value is -1.52. The standard InChI is InChI=1S/C12H16N2O2/c1-15-11-4-2-3-9-7-10(16-12(9)11)8-14-6-5-13/h2-4,7,14H,5-6,8,13H2,1H3. The van der Waals surface area contributed by atoms with E-state index in [1.807, 2.05) is 24.3 Å². The number of hydrogen-bond donors (Lipinski definition) is 2. The van der Waals surface area contributed by atoms with Crippen LogP contribution in [-0.2, 0) is 6.54 Å². The highest BCUT2D eigenvalue weighted by Gasteiger charge is 2.07. The number of furan rings is 1. The van der Waals surface area contributed by atoms with Crippen molar-refractivity contribution < 1.29 is 9.15 Å². The molecule has 0 spiro atoms. The molecule has 3 N–H and O–H groups in total. The lowest BCUT2D eigenvalue weighted by molar-refractivity contribution is 0.406. The van der Waals surface area contributed by atoms with Crippen molar-refractivity contribution in [2.45, 2.75) is 6.54 Å². The maximum atomic E-state index is 5.71. The fraction of sp³-hybridized carbons (Fsp3) is 0.333. The van der Waals surface area contributed by atoms with Gasteiger partial charge in [0.2, 0.25) is 0 Å². The Bertz CT molecular complexity index is 465. The van der Waals surface area contributed by atoms with Crippen LogP contribution in [-0.4, -0.2) is 20.2 Å². The summed E-state index contributed by atoms with van der Waals surface area (Å²) in [5.74, 6) is 1.66. The van der Waals surface area contributed by atoms with E-state index in [1.54, 1.807) is 7.11 Å². The van der Waals surface area contributed by atoms with Gasteiger partial charge in [0.15, 0.2) is 11.3 Å². The van der Waals surface area contributed by atoms with E-state index in [2.05, 4.69) is 5.32 Å². The first-order chi connectivity index (χ1) is 7.85. The van der Waals surface area contributed by atoms with Crippen LogP contribution in [0.5, 0.6) is 5.75 Å². The summed E-state index contributed by atoms with van der Waals surface area (Å²) in [5.41, 5.74) is 6.20. The van der Waals surface area contributed by atoms with Crippen LogP contribution < -0.4 is 15.8 Å². The van der Waals surface area contributed by atoms with Crippen molar-refractivity contribution in [3.05, 3.63) is 30.0 Å². The molecule has 0 aliphatic heterocycles. The highest BCUT2D eigenvalue weighted by atomic mass is 16.5. The van der Waals surface area contributed by atoms with Gasteiger partial charge in [-0.3, -0.25) is 0 Å². The van der Waals surface area contributed by atoms with E-state index >= 15 is 0 Å². The lowest BCUT2D eigenvalue weighted by Gasteiger charge is -1.99. The molecule has 0 radical (unpaired) electrons. The molecule has 4 nitrogen and oxygen atoms in total. The van der Waals surface area contributed by atoms with Crippen LogP contribution in [0.15, 0.2) is 28.7 Å². The normalized spacial score (nSPS) is 10.9. The molecule has 86 valence electrons. The Kier molecular flexibility index (Phi) is 3.44. The number of nitrogens with one attached hydrogen (secondary N) is 1. The molecular weight excluding hydrogens is 204 g/mol. The van der Waals surface area contributed by atoms with Crippen LogP contribution in [0.25, 0.3) is 11.0 Å². The zero-order valence-corrected chi connectivity index (χ0v) is 9.32. The van der Waals surface area contributed by atoms with Crippen LogP contribution in [0, 0.1) is 0 Å². The largest absolute Gasteiger partial charge is 0.493 e. The van der Waals surface area contributed by atoms with Crippen molar-refractivity contribution in [1.29, 1.82) is 0 Å². The van der Waals surface area contributed by atoms with Gasteiger partial charge in [-0.15, -0.1) is 0 Å². The summed E-state index contributed by atoms with van der Waals surface area (Å²) in [5, 5.41) is 4.25. The van der Waals surface area contributed by atoms with Gasteiger partial charge < -0.3 is 20.2 Å². The Balaban J connectivity index is 2.22. The fourth-order valence-corrected chi connectivity index (χ4v) is 1.65. The topological polar surface area (TPSA) is 60.4 Å². The second-order valence-electron chi connectivity index (χ2n) is 3.56. The van der Waals surface area contributed by atoms with Crippen molar-refractivity contribution in [3.8, 4) is 5.75 Å². The van der Waals surface area contributed by atoms with E-state index in [1.165, 1.54) is 0 Å². The zero-order chi connectivity index (χ0) is 11.4. The van der Waals surface area contributed by atoms with Gasteiger partial charge >= 0.3 is 0 Å². The molecule has 16 heavy (non-hydrogen) atoms. The summed E-state index contributed by atoms with van der Waals surface area (Å²) in [4.78, 5) is 0. The minimum Gasteiger partial charge on any atom is -0.493 e. The van der Waals surface area contributed by atoms with Gasteiger partial charge in [-0.2, -0.15) is 0 Å². The molecule has 0 bridgehead atoms. The molecule has 0 amide bonds. The fourth-order valence-electron chi connectivity index (χ4n) is 1.65. The van der Waals surface area contributed by atoms with Gasteiger partial charge in [0.1, 0.15) is 5.76 Å². The Morgan fingerprint density at radius 3 is 3.06 bits per heavy atom. The number of nitrogens with two attached hydrogens (primary N) is 1. The smallest absolute Gasteiger partial charge is 0.176 e. The molecule has 1 aromatic heterocycles. The molecule has 2 rings (SSSR count). The van der Waals surface area contributed by atoms with Gasteiger partial charge in [-0.05, 0) is 12.1 Å². The molecule has 0 aliphatic rings. The highest BCUT2D eigenvalue weighted by molar-refractivity contribution is 5.83. The van der Waals surface area contributed by atoms with Crippen LogP contribution >= 0.6 is 0 Å². The van der Waals surface area contributed by atoms with Crippen LogP contribution in [0.4, 0.5) is 0 Å². The SMILES string of the molecule is COc1cccc2cc(CNCCN)oc12. The minimum atomic E-state index is 0.629. The molecule has 1 heterocycles. The first-order valence-electron chi connectivity index (χ1n) is 5.31. The van der Waals surface area contributed by atoms with E-state index in [0.717, 1.165) is 29.0 Å².